The predicted molar refractivity (Wildman–Crippen MR) is 48.6 cm³/mol. The van der Waals surface area contributed by atoms with Gasteiger partial charge in [-0.25, -0.2) is 0 Å². The molecule has 0 amide bonds. The van der Waals surface area contributed by atoms with Gasteiger partial charge in [-0.3, -0.25) is 4.98 Å². The zero-order valence-corrected chi connectivity index (χ0v) is 7.63. The molecular weight excluding hydrogens is 152 g/mol. The van der Waals surface area contributed by atoms with E-state index >= 15 is 0 Å². The van der Waals surface area contributed by atoms with E-state index in [1.807, 2.05) is 6.92 Å². The first-order valence-electron chi connectivity index (χ1n) is 3.87. The van der Waals surface area contributed by atoms with Crippen LogP contribution < -0.4 is 5.73 Å². The van der Waals surface area contributed by atoms with E-state index in [9.17, 15) is 5.11 Å². The number of pyridine rings is 1. The third kappa shape index (κ3) is 1.74. The van der Waals surface area contributed by atoms with Crippen molar-refractivity contribution in [2.24, 2.45) is 0 Å². The first kappa shape index (κ1) is 9.00. The molecule has 0 aliphatic heterocycles. The fourth-order valence-corrected chi connectivity index (χ4v) is 0.913. The summed E-state index contributed by atoms with van der Waals surface area (Å²) in [5.41, 5.74) is 6.76. The van der Waals surface area contributed by atoms with Crippen molar-refractivity contribution in [1.82, 2.24) is 4.98 Å². The van der Waals surface area contributed by atoms with Crippen molar-refractivity contribution in [3.63, 3.8) is 0 Å². The molecule has 1 aromatic rings. The number of nitrogens with zero attached hydrogens (tertiary/aromatic N) is 1. The van der Waals surface area contributed by atoms with Gasteiger partial charge in [-0.15, -0.1) is 0 Å². The van der Waals surface area contributed by atoms with Crippen molar-refractivity contribution in [3.05, 3.63) is 23.5 Å². The fraction of sp³-hybridized carbons (Fsp3) is 0.444. The second-order valence-electron chi connectivity index (χ2n) is 3.43. The van der Waals surface area contributed by atoms with Gasteiger partial charge < -0.3 is 10.8 Å². The normalized spacial score (nSPS) is 11.7. The molecule has 0 aliphatic rings. The van der Waals surface area contributed by atoms with Crippen LogP contribution in [0, 0.1) is 6.92 Å². The summed E-state index contributed by atoms with van der Waals surface area (Å²) in [6, 6.07) is 3.50. The van der Waals surface area contributed by atoms with Gasteiger partial charge in [0.1, 0.15) is 5.60 Å². The largest absolute Gasteiger partial charge is 0.397 e. The van der Waals surface area contributed by atoms with Gasteiger partial charge in [0.15, 0.2) is 0 Å². The molecule has 0 bridgehead atoms. The molecule has 1 aromatic heterocycles. The monoisotopic (exact) mass is 166 g/mol. The first-order chi connectivity index (χ1) is 5.41. The second-order valence-corrected chi connectivity index (χ2v) is 3.43. The molecule has 1 rings (SSSR count). The molecule has 0 saturated carbocycles. The lowest BCUT2D eigenvalue weighted by atomic mass is 10.0. The summed E-state index contributed by atoms with van der Waals surface area (Å²) >= 11 is 0. The Hall–Kier alpha value is -1.09. The summed E-state index contributed by atoms with van der Waals surface area (Å²) < 4.78 is 0. The van der Waals surface area contributed by atoms with Crippen molar-refractivity contribution >= 4 is 5.69 Å². The maximum atomic E-state index is 9.60. The van der Waals surface area contributed by atoms with Crippen LogP contribution in [0.2, 0.25) is 0 Å². The minimum atomic E-state index is -0.890. The molecular formula is C9H14N2O. The third-order valence-corrected chi connectivity index (χ3v) is 1.75. The fourth-order valence-electron chi connectivity index (χ4n) is 0.913. The van der Waals surface area contributed by atoms with Crippen LogP contribution >= 0.6 is 0 Å². The predicted octanol–water partition coefficient (Wildman–Crippen LogP) is 1.20. The Bertz CT molecular complexity index is 289. The summed E-state index contributed by atoms with van der Waals surface area (Å²) in [6.07, 6.45) is 0. The molecule has 0 fully saturated rings. The quantitative estimate of drug-likeness (QED) is 0.659. The number of aryl methyl sites for hydroxylation is 1. The Morgan fingerprint density at radius 1 is 1.42 bits per heavy atom. The van der Waals surface area contributed by atoms with E-state index in [1.54, 1.807) is 26.0 Å². The zero-order chi connectivity index (χ0) is 9.35. The van der Waals surface area contributed by atoms with Gasteiger partial charge in [0.25, 0.3) is 0 Å². The summed E-state index contributed by atoms with van der Waals surface area (Å²) in [5.74, 6) is 0. The minimum Gasteiger partial charge on any atom is -0.397 e. The Labute approximate surface area is 72.2 Å². The number of hydrogen-bond donors (Lipinski definition) is 2. The van der Waals surface area contributed by atoms with Crippen molar-refractivity contribution in [3.8, 4) is 0 Å². The number of hydrogen-bond acceptors (Lipinski definition) is 3. The van der Waals surface area contributed by atoms with Gasteiger partial charge in [0, 0.05) is 0 Å². The van der Waals surface area contributed by atoms with Crippen LogP contribution in [0.15, 0.2) is 12.1 Å². The molecule has 66 valence electrons. The lowest BCUT2D eigenvalue weighted by Gasteiger charge is -2.17. The number of nitrogens with two attached hydrogens (primary N) is 1. The van der Waals surface area contributed by atoms with Crippen LogP contribution in [-0.4, -0.2) is 10.1 Å². The molecule has 1 heterocycles. The smallest absolute Gasteiger partial charge is 0.101 e. The van der Waals surface area contributed by atoms with Gasteiger partial charge in [-0.1, -0.05) is 0 Å². The lowest BCUT2D eigenvalue weighted by Crippen LogP contribution is -2.18. The average Bonchev–Trinajstić information content (AvgIpc) is 1.92. The van der Waals surface area contributed by atoms with Gasteiger partial charge in [0.2, 0.25) is 0 Å². The van der Waals surface area contributed by atoms with Crippen LogP contribution in [0.3, 0.4) is 0 Å². The highest BCUT2D eigenvalue weighted by atomic mass is 16.3. The third-order valence-electron chi connectivity index (χ3n) is 1.75. The van der Waals surface area contributed by atoms with E-state index in [0.29, 0.717) is 11.4 Å². The van der Waals surface area contributed by atoms with Crippen molar-refractivity contribution < 1.29 is 5.11 Å². The van der Waals surface area contributed by atoms with Crippen LogP contribution in [0.1, 0.15) is 25.2 Å². The molecule has 3 heteroatoms. The molecule has 0 radical (unpaired) electrons. The van der Waals surface area contributed by atoms with Crippen molar-refractivity contribution in [2.45, 2.75) is 26.4 Å². The van der Waals surface area contributed by atoms with Crippen LogP contribution in [0.5, 0.6) is 0 Å². The zero-order valence-electron chi connectivity index (χ0n) is 7.63. The van der Waals surface area contributed by atoms with Crippen LogP contribution in [0.4, 0.5) is 5.69 Å². The molecule has 3 N–H and O–H groups in total. The minimum absolute atomic E-state index is 0.647. The Kier molecular flexibility index (Phi) is 2.06. The van der Waals surface area contributed by atoms with Crippen LogP contribution in [0.25, 0.3) is 0 Å². The summed E-state index contributed by atoms with van der Waals surface area (Å²) in [4.78, 5) is 4.17. The van der Waals surface area contributed by atoms with E-state index < -0.39 is 5.60 Å². The average molecular weight is 166 g/mol. The van der Waals surface area contributed by atoms with Gasteiger partial charge in [-0.05, 0) is 32.9 Å². The molecule has 0 spiro atoms. The Balaban J connectivity index is 3.14. The molecule has 0 atom stereocenters. The Morgan fingerprint density at radius 3 is 2.42 bits per heavy atom. The van der Waals surface area contributed by atoms with E-state index in [1.165, 1.54) is 0 Å². The number of anilines is 1. The molecule has 0 aliphatic carbocycles. The van der Waals surface area contributed by atoms with Gasteiger partial charge in [-0.2, -0.15) is 0 Å². The van der Waals surface area contributed by atoms with E-state index in [-0.39, 0.29) is 0 Å². The van der Waals surface area contributed by atoms with E-state index in [0.717, 1.165) is 5.69 Å². The molecule has 3 nitrogen and oxygen atoms in total. The lowest BCUT2D eigenvalue weighted by molar-refractivity contribution is 0.0737. The van der Waals surface area contributed by atoms with Crippen LogP contribution in [-0.2, 0) is 5.60 Å². The maximum absolute atomic E-state index is 9.60. The standard InChI is InChI=1S/C9H14N2O/c1-6-7(10)4-5-8(11-6)9(2,3)12/h4-5,12H,10H2,1-3H3. The SMILES string of the molecule is Cc1nc(C(C)(C)O)ccc1N. The highest BCUT2D eigenvalue weighted by Gasteiger charge is 2.17. The molecule has 12 heavy (non-hydrogen) atoms. The van der Waals surface area contributed by atoms with Crippen molar-refractivity contribution in [2.75, 3.05) is 5.73 Å². The van der Waals surface area contributed by atoms with Gasteiger partial charge in [0.05, 0.1) is 17.1 Å². The second kappa shape index (κ2) is 2.75. The summed E-state index contributed by atoms with van der Waals surface area (Å²) in [6.45, 7) is 5.22. The highest BCUT2D eigenvalue weighted by molar-refractivity contribution is 5.42. The van der Waals surface area contributed by atoms with E-state index in [2.05, 4.69) is 4.98 Å². The number of rotatable bonds is 1. The topological polar surface area (TPSA) is 59.1 Å². The molecule has 0 saturated heterocycles. The highest BCUT2D eigenvalue weighted by Crippen LogP contribution is 2.19. The first-order valence-corrected chi connectivity index (χ1v) is 3.87. The summed E-state index contributed by atoms with van der Waals surface area (Å²) in [5, 5.41) is 9.60. The number of nitrogen functional groups attached to an aromatic ring is 1. The summed E-state index contributed by atoms with van der Waals surface area (Å²) in [7, 11) is 0. The molecule has 0 unspecified atom stereocenters. The number of aliphatic hydroxyl groups is 1. The maximum Gasteiger partial charge on any atom is 0.101 e. The molecule has 0 aromatic carbocycles. The van der Waals surface area contributed by atoms with E-state index in [4.69, 9.17) is 5.73 Å². The Morgan fingerprint density at radius 2 is 2.00 bits per heavy atom. The number of aromatic nitrogens is 1. The van der Waals surface area contributed by atoms with Gasteiger partial charge >= 0.3 is 0 Å². The van der Waals surface area contributed by atoms with Crippen molar-refractivity contribution in [1.29, 1.82) is 0 Å².